The Labute approximate surface area is 253 Å². The van der Waals surface area contributed by atoms with Crippen LogP contribution in [0.5, 0.6) is 11.5 Å². The molecular formula is C38H37NO4. The van der Waals surface area contributed by atoms with Crippen molar-refractivity contribution in [3.63, 3.8) is 0 Å². The molecule has 5 aromatic rings. The lowest BCUT2D eigenvalue weighted by atomic mass is 9.76. The summed E-state index contributed by atoms with van der Waals surface area (Å²) in [5.41, 5.74) is 3.91. The molecule has 1 atom stereocenters. The molecule has 218 valence electrons. The smallest absolute Gasteiger partial charge is 0.323 e. The van der Waals surface area contributed by atoms with Crippen LogP contribution in [0.15, 0.2) is 140 Å². The summed E-state index contributed by atoms with van der Waals surface area (Å²) < 4.78 is 11.7. The zero-order valence-corrected chi connectivity index (χ0v) is 24.4. The Kier molecular flexibility index (Phi) is 9.88. The maximum Gasteiger partial charge on any atom is 0.323 e. The summed E-state index contributed by atoms with van der Waals surface area (Å²) in [6, 6.07) is 44.4. The number of phenolic OH excluding ortho intramolecular Hbond substituents is 1. The average Bonchev–Trinajstić information content (AvgIpc) is 3.07. The third-order valence-electron chi connectivity index (χ3n) is 7.45. The van der Waals surface area contributed by atoms with Gasteiger partial charge in [0.1, 0.15) is 24.1 Å². The van der Waals surface area contributed by atoms with E-state index in [0.29, 0.717) is 13.0 Å². The van der Waals surface area contributed by atoms with Gasteiger partial charge in [0.15, 0.2) is 0 Å². The van der Waals surface area contributed by atoms with Gasteiger partial charge >= 0.3 is 5.97 Å². The van der Waals surface area contributed by atoms with Gasteiger partial charge in [-0.15, -0.1) is 0 Å². The molecule has 0 saturated heterocycles. The number of hydrogen-bond donors (Lipinski definition) is 2. The van der Waals surface area contributed by atoms with Gasteiger partial charge in [-0.1, -0.05) is 122 Å². The summed E-state index contributed by atoms with van der Waals surface area (Å²) in [6.45, 7) is 2.86. The minimum Gasteiger partial charge on any atom is -0.508 e. The second-order valence-corrected chi connectivity index (χ2v) is 10.5. The summed E-state index contributed by atoms with van der Waals surface area (Å²) in [5.74, 6) is 0.600. The number of ether oxygens (including phenoxy) is 2. The second-order valence-electron chi connectivity index (χ2n) is 10.5. The maximum atomic E-state index is 14.0. The molecule has 0 spiro atoms. The number of rotatable bonds is 13. The van der Waals surface area contributed by atoms with E-state index in [4.69, 9.17) is 9.47 Å². The molecule has 0 heterocycles. The average molecular weight is 572 g/mol. The summed E-state index contributed by atoms with van der Waals surface area (Å²) in [7, 11) is 0. The van der Waals surface area contributed by atoms with Crippen LogP contribution in [-0.4, -0.2) is 23.7 Å². The van der Waals surface area contributed by atoms with Crippen molar-refractivity contribution in [1.82, 2.24) is 5.32 Å². The van der Waals surface area contributed by atoms with Gasteiger partial charge in [-0.3, -0.25) is 10.1 Å². The molecule has 0 aliphatic carbocycles. The van der Waals surface area contributed by atoms with Gasteiger partial charge in [0.25, 0.3) is 0 Å². The highest BCUT2D eigenvalue weighted by Crippen LogP contribution is 2.37. The van der Waals surface area contributed by atoms with E-state index < -0.39 is 11.6 Å². The number of benzene rings is 5. The molecule has 5 nitrogen and oxygen atoms in total. The van der Waals surface area contributed by atoms with Gasteiger partial charge in [-0.25, -0.2) is 0 Å². The van der Waals surface area contributed by atoms with Crippen LogP contribution in [0.4, 0.5) is 0 Å². The van der Waals surface area contributed by atoms with Gasteiger partial charge in [0.2, 0.25) is 0 Å². The summed E-state index contributed by atoms with van der Waals surface area (Å²) in [6.07, 6.45) is 1.29. The van der Waals surface area contributed by atoms with Gasteiger partial charge < -0.3 is 14.6 Å². The van der Waals surface area contributed by atoms with E-state index in [-0.39, 0.29) is 18.3 Å². The van der Waals surface area contributed by atoms with Crippen molar-refractivity contribution in [2.45, 2.75) is 38.0 Å². The minimum atomic E-state index is -0.858. The molecule has 43 heavy (non-hydrogen) atoms. The second kappa shape index (κ2) is 14.3. The first-order valence-corrected chi connectivity index (χ1v) is 14.7. The van der Waals surface area contributed by atoms with Crippen LogP contribution in [0.3, 0.4) is 0 Å². The number of carbonyl (C=O) groups excluding carboxylic acids is 1. The quantitative estimate of drug-likeness (QED) is 0.114. The van der Waals surface area contributed by atoms with Gasteiger partial charge in [-0.2, -0.15) is 0 Å². The standard InChI is InChI=1S/C38H37NO4/c1-2-26-42-35-24-20-30(21-25-35)28-43-37(41)36(27-29-18-22-34(40)23-19-29)39-38(31-12-6-3-7-13-31,32-14-8-4-9-15-32)33-16-10-5-11-17-33/h3-25,36,39-40H,2,26-28H2,1H3/t36-/m1/s1. The Morgan fingerprint density at radius 2 is 1.19 bits per heavy atom. The van der Waals surface area contributed by atoms with E-state index in [9.17, 15) is 9.90 Å². The Bertz CT molecular complexity index is 1460. The van der Waals surface area contributed by atoms with Gasteiger partial charge in [0.05, 0.1) is 12.1 Å². The van der Waals surface area contributed by atoms with Crippen molar-refractivity contribution in [1.29, 1.82) is 0 Å². The number of nitrogens with one attached hydrogen (secondary N) is 1. The molecular weight excluding hydrogens is 534 g/mol. The Morgan fingerprint density at radius 3 is 1.67 bits per heavy atom. The number of phenols is 1. The fraction of sp³-hybridized carbons (Fsp3) is 0.184. The van der Waals surface area contributed by atoms with Gasteiger partial charge in [0, 0.05) is 0 Å². The molecule has 0 unspecified atom stereocenters. The number of esters is 1. The summed E-state index contributed by atoms with van der Waals surface area (Å²) in [4.78, 5) is 14.0. The number of aromatic hydroxyl groups is 1. The SMILES string of the molecule is CCCOc1ccc(COC(=O)[C@@H](Cc2ccc(O)cc2)NC(c2ccccc2)(c2ccccc2)c2ccccc2)cc1. The lowest BCUT2D eigenvalue weighted by Gasteiger charge is -2.39. The third-order valence-corrected chi connectivity index (χ3v) is 7.45. The zero-order chi connectivity index (χ0) is 29.9. The molecule has 5 heteroatoms. The highest BCUT2D eigenvalue weighted by Gasteiger charge is 2.40. The monoisotopic (exact) mass is 571 g/mol. The molecule has 0 aliphatic heterocycles. The molecule has 0 saturated carbocycles. The molecule has 5 aromatic carbocycles. The normalized spacial score (nSPS) is 11.9. The molecule has 2 N–H and O–H groups in total. The molecule has 0 amide bonds. The summed E-state index contributed by atoms with van der Waals surface area (Å²) in [5, 5.41) is 13.7. The number of hydrogen-bond acceptors (Lipinski definition) is 5. The van der Waals surface area contributed by atoms with E-state index in [2.05, 4.69) is 48.6 Å². The van der Waals surface area contributed by atoms with Crippen LogP contribution in [-0.2, 0) is 28.1 Å². The molecule has 5 rings (SSSR count). The molecule has 0 aliphatic rings. The van der Waals surface area contributed by atoms with Gasteiger partial charge in [-0.05, 0) is 64.9 Å². The fourth-order valence-electron chi connectivity index (χ4n) is 5.29. The maximum absolute atomic E-state index is 14.0. The van der Waals surface area contributed by atoms with Crippen LogP contribution in [0, 0.1) is 0 Å². The predicted molar refractivity (Wildman–Crippen MR) is 170 cm³/mol. The molecule has 0 aromatic heterocycles. The van der Waals surface area contributed by atoms with E-state index in [1.165, 1.54) is 0 Å². The third kappa shape index (κ3) is 7.32. The van der Waals surface area contributed by atoms with Crippen molar-refractivity contribution in [3.8, 4) is 11.5 Å². The highest BCUT2D eigenvalue weighted by molar-refractivity contribution is 5.77. The Balaban J connectivity index is 1.52. The van der Waals surface area contributed by atoms with Crippen molar-refractivity contribution in [3.05, 3.63) is 167 Å². The van der Waals surface area contributed by atoms with Crippen molar-refractivity contribution >= 4 is 5.97 Å². The van der Waals surface area contributed by atoms with E-state index in [0.717, 1.165) is 40.0 Å². The van der Waals surface area contributed by atoms with Crippen LogP contribution in [0.25, 0.3) is 0 Å². The number of carbonyl (C=O) groups is 1. The van der Waals surface area contributed by atoms with E-state index in [1.807, 2.05) is 91.0 Å². The minimum absolute atomic E-state index is 0.135. The fourth-order valence-corrected chi connectivity index (χ4v) is 5.29. The lowest BCUT2D eigenvalue weighted by molar-refractivity contribution is -0.148. The van der Waals surface area contributed by atoms with Crippen LogP contribution < -0.4 is 10.1 Å². The largest absolute Gasteiger partial charge is 0.508 e. The van der Waals surface area contributed by atoms with E-state index >= 15 is 0 Å². The predicted octanol–water partition coefficient (Wildman–Crippen LogP) is 7.42. The lowest BCUT2D eigenvalue weighted by Crippen LogP contribution is -2.53. The molecule has 0 fully saturated rings. The van der Waals surface area contributed by atoms with Crippen molar-refractivity contribution < 1.29 is 19.4 Å². The van der Waals surface area contributed by atoms with E-state index in [1.54, 1.807) is 12.1 Å². The Hall–Kier alpha value is -4.87. The van der Waals surface area contributed by atoms with Crippen molar-refractivity contribution in [2.24, 2.45) is 0 Å². The zero-order valence-electron chi connectivity index (χ0n) is 24.4. The molecule has 0 bridgehead atoms. The topological polar surface area (TPSA) is 67.8 Å². The van der Waals surface area contributed by atoms with Crippen LogP contribution in [0.2, 0.25) is 0 Å². The van der Waals surface area contributed by atoms with Crippen molar-refractivity contribution in [2.75, 3.05) is 6.61 Å². The van der Waals surface area contributed by atoms with Crippen LogP contribution in [0.1, 0.15) is 41.2 Å². The first-order chi connectivity index (χ1) is 21.1. The summed E-state index contributed by atoms with van der Waals surface area (Å²) >= 11 is 0. The molecule has 0 radical (unpaired) electrons. The van der Waals surface area contributed by atoms with Crippen LogP contribution >= 0.6 is 0 Å². The first kappa shape index (κ1) is 29.6. The Morgan fingerprint density at radius 1 is 0.698 bits per heavy atom. The highest BCUT2D eigenvalue weighted by atomic mass is 16.5. The first-order valence-electron chi connectivity index (χ1n) is 14.7.